The minimum Gasteiger partial charge on any atom is -0.384 e. The normalized spacial score (nSPS) is 10.6. The molecule has 0 aliphatic rings. The van der Waals surface area contributed by atoms with Crippen LogP contribution >= 0.6 is 11.6 Å². The molecule has 0 fully saturated rings. The van der Waals surface area contributed by atoms with Crippen molar-refractivity contribution in [1.29, 1.82) is 10.5 Å². The maximum Gasteiger partial charge on any atom is 0.183 e. The van der Waals surface area contributed by atoms with Crippen molar-refractivity contribution in [3.63, 3.8) is 0 Å². The molecule has 9 nitrogen and oxygen atoms in total. The number of rotatable bonds is 8. The zero-order valence-corrected chi connectivity index (χ0v) is 20.3. The first kappa shape index (κ1) is 23.7. The van der Waals surface area contributed by atoms with E-state index in [0.717, 1.165) is 34.1 Å². The quantitative estimate of drug-likeness (QED) is 0.238. The fourth-order valence-electron chi connectivity index (χ4n) is 3.88. The van der Waals surface area contributed by atoms with Crippen molar-refractivity contribution in [2.75, 3.05) is 23.7 Å². The van der Waals surface area contributed by atoms with Gasteiger partial charge in [0.05, 0.1) is 40.0 Å². The van der Waals surface area contributed by atoms with Crippen LogP contribution in [0.25, 0.3) is 33.4 Å². The summed E-state index contributed by atoms with van der Waals surface area (Å²) in [6.07, 6.45) is 4.08. The molecule has 0 spiro atoms. The number of nitrogens with zero attached hydrogens (tertiary/aromatic N) is 6. The molecule has 0 radical (unpaired) electrons. The van der Waals surface area contributed by atoms with Gasteiger partial charge in [-0.05, 0) is 30.7 Å². The molecule has 0 saturated heterocycles. The molecule has 0 amide bonds. The summed E-state index contributed by atoms with van der Waals surface area (Å²) >= 11 is 6.49. The third-order valence-corrected chi connectivity index (χ3v) is 5.97. The van der Waals surface area contributed by atoms with E-state index < -0.39 is 0 Å². The van der Waals surface area contributed by atoms with Crippen LogP contribution in [0.4, 0.5) is 11.5 Å². The van der Waals surface area contributed by atoms with Crippen molar-refractivity contribution in [2.24, 2.45) is 0 Å². The predicted molar refractivity (Wildman–Crippen MR) is 143 cm³/mol. The smallest absolute Gasteiger partial charge is 0.183 e. The molecule has 0 unspecified atom stereocenters. The summed E-state index contributed by atoms with van der Waals surface area (Å²) in [4.78, 5) is 13.6. The van der Waals surface area contributed by atoms with Crippen molar-refractivity contribution in [3.8, 4) is 34.7 Å². The third-order valence-electron chi connectivity index (χ3n) is 5.68. The van der Waals surface area contributed by atoms with Gasteiger partial charge in [-0.15, -0.1) is 0 Å². The van der Waals surface area contributed by atoms with Crippen molar-refractivity contribution in [1.82, 2.24) is 25.1 Å². The molecule has 0 atom stereocenters. The Hall–Kier alpha value is -4.99. The molecule has 0 bridgehead atoms. The van der Waals surface area contributed by atoms with Crippen LogP contribution in [0.15, 0.2) is 67.0 Å². The molecular weight excluding hydrogens is 486 g/mol. The fraction of sp³-hybridized carbons (Fsp3) is 0.111. The van der Waals surface area contributed by atoms with E-state index in [1.165, 1.54) is 0 Å². The van der Waals surface area contributed by atoms with Gasteiger partial charge in [0, 0.05) is 29.6 Å². The highest BCUT2D eigenvalue weighted by molar-refractivity contribution is 6.35. The van der Waals surface area contributed by atoms with Gasteiger partial charge in [0.25, 0.3) is 0 Å². The second kappa shape index (κ2) is 10.7. The molecule has 37 heavy (non-hydrogen) atoms. The standard InChI is InChI=1S/C27H20ClN9/c28-22-12-18(11-19-15-34-37-24(19)22)26-25(17-5-2-1-3-6-17)36-27(23(14-30)35-26)32-10-4-9-31-21-8-7-20(13-29)33-16-21/h1-3,5-8,11-12,15-16,31H,4,9-10H2,(H,32,36)(H,34,37). The van der Waals surface area contributed by atoms with Crippen LogP contribution in [-0.2, 0) is 0 Å². The summed E-state index contributed by atoms with van der Waals surface area (Å²) in [6, 6.07) is 21.1. The minimum atomic E-state index is 0.197. The average molecular weight is 506 g/mol. The highest BCUT2D eigenvalue weighted by atomic mass is 35.5. The van der Waals surface area contributed by atoms with Gasteiger partial charge < -0.3 is 10.6 Å². The van der Waals surface area contributed by atoms with Gasteiger partial charge in [-0.1, -0.05) is 41.9 Å². The number of nitriles is 2. The largest absolute Gasteiger partial charge is 0.384 e. The molecule has 3 heterocycles. The predicted octanol–water partition coefficient (Wildman–Crippen LogP) is 5.39. The van der Waals surface area contributed by atoms with E-state index >= 15 is 0 Å². The molecule has 3 N–H and O–H groups in total. The van der Waals surface area contributed by atoms with E-state index in [2.05, 4.69) is 31.9 Å². The maximum absolute atomic E-state index is 9.86. The van der Waals surface area contributed by atoms with Crippen LogP contribution in [0.5, 0.6) is 0 Å². The lowest BCUT2D eigenvalue weighted by atomic mass is 10.0. The number of benzene rings is 2. The lowest BCUT2D eigenvalue weighted by Gasteiger charge is -2.14. The van der Waals surface area contributed by atoms with E-state index in [0.29, 0.717) is 41.0 Å². The van der Waals surface area contributed by atoms with Crippen molar-refractivity contribution >= 4 is 34.0 Å². The van der Waals surface area contributed by atoms with Gasteiger partial charge in [-0.25, -0.2) is 15.0 Å². The number of pyridine rings is 1. The Morgan fingerprint density at radius 1 is 0.865 bits per heavy atom. The van der Waals surface area contributed by atoms with Crippen LogP contribution in [0.3, 0.4) is 0 Å². The highest BCUT2D eigenvalue weighted by Gasteiger charge is 2.18. The highest BCUT2D eigenvalue weighted by Crippen LogP contribution is 2.35. The molecular formula is C27H20ClN9. The Morgan fingerprint density at radius 2 is 1.68 bits per heavy atom. The second-order valence-corrected chi connectivity index (χ2v) is 8.55. The number of halogens is 1. The lowest BCUT2D eigenvalue weighted by Crippen LogP contribution is -2.12. The topological polar surface area (TPSA) is 139 Å². The van der Waals surface area contributed by atoms with Gasteiger partial charge >= 0.3 is 0 Å². The molecule has 180 valence electrons. The van der Waals surface area contributed by atoms with Crippen LogP contribution in [0.2, 0.25) is 5.02 Å². The number of fused-ring (bicyclic) bond motifs is 1. The first-order valence-electron chi connectivity index (χ1n) is 11.5. The zero-order chi connectivity index (χ0) is 25.6. The van der Waals surface area contributed by atoms with E-state index in [1.807, 2.05) is 48.5 Å². The molecule has 10 heteroatoms. The molecule has 0 saturated carbocycles. The maximum atomic E-state index is 9.86. The number of anilines is 2. The Morgan fingerprint density at radius 3 is 2.43 bits per heavy atom. The van der Waals surface area contributed by atoms with Crippen LogP contribution in [0.1, 0.15) is 17.8 Å². The molecule has 5 aromatic rings. The summed E-state index contributed by atoms with van der Waals surface area (Å²) in [6.45, 7) is 1.24. The monoisotopic (exact) mass is 505 g/mol. The lowest BCUT2D eigenvalue weighted by molar-refractivity contribution is 0.900. The van der Waals surface area contributed by atoms with Crippen LogP contribution < -0.4 is 10.6 Å². The molecule has 0 aliphatic carbocycles. The number of hydrogen-bond acceptors (Lipinski definition) is 8. The molecule has 2 aromatic carbocycles. The van der Waals surface area contributed by atoms with E-state index in [4.69, 9.17) is 26.8 Å². The van der Waals surface area contributed by atoms with Crippen LogP contribution in [-0.4, -0.2) is 38.2 Å². The second-order valence-electron chi connectivity index (χ2n) is 8.14. The number of hydrogen-bond donors (Lipinski definition) is 3. The molecule has 3 aromatic heterocycles. The molecule has 5 rings (SSSR count). The van der Waals surface area contributed by atoms with Gasteiger partial charge in [0.1, 0.15) is 17.8 Å². The van der Waals surface area contributed by atoms with Crippen LogP contribution in [0, 0.1) is 22.7 Å². The SMILES string of the molecule is N#Cc1ccc(NCCCNc2nc(-c3ccccc3)c(-c3cc(Cl)c4[nH]ncc4c3)nc2C#N)cn1. The Kier molecular flexibility index (Phi) is 6.89. The number of aromatic nitrogens is 5. The van der Waals surface area contributed by atoms with E-state index in [-0.39, 0.29) is 5.69 Å². The first-order chi connectivity index (χ1) is 18.2. The summed E-state index contributed by atoms with van der Waals surface area (Å²) in [5.74, 6) is 0.417. The van der Waals surface area contributed by atoms with Gasteiger partial charge in [-0.3, -0.25) is 5.10 Å². The van der Waals surface area contributed by atoms with Crippen molar-refractivity contribution < 1.29 is 0 Å². The Bertz CT molecular complexity index is 1630. The van der Waals surface area contributed by atoms with Crippen molar-refractivity contribution in [3.05, 3.63) is 83.4 Å². The average Bonchev–Trinajstić information content (AvgIpc) is 3.43. The Labute approximate surface area is 217 Å². The number of aromatic amines is 1. The van der Waals surface area contributed by atoms with Gasteiger partial charge in [0.2, 0.25) is 0 Å². The van der Waals surface area contributed by atoms with Gasteiger partial charge in [0.15, 0.2) is 11.5 Å². The zero-order valence-electron chi connectivity index (χ0n) is 19.5. The molecule has 0 aliphatic heterocycles. The summed E-state index contributed by atoms with van der Waals surface area (Å²) in [5, 5.41) is 33.6. The number of nitrogens with one attached hydrogen (secondary N) is 3. The number of H-pyrrole nitrogens is 1. The van der Waals surface area contributed by atoms with Gasteiger partial charge in [-0.2, -0.15) is 15.6 Å². The first-order valence-corrected chi connectivity index (χ1v) is 11.9. The minimum absolute atomic E-state index is 0.197. The Balaban J connectivity index is 1.40. The van der Waals surface area contributed by atoms with E-state index in [1.54, 1.807) is 24.5 Å². The summed E-state index contributed by atoms with van der Waals surface area (Å²) < 4.78 is 0. The van der Waals surface area contributed by atoms with Crippen molar-refractivity contribution in [2.45, 2.75) is 6.42 Å². The third kappa shape index (κ3) is 5.18. The summed E-state index contributed by atoms with van der Waals surface area (Å²) in [7, 11) is 0. The fourth-order valence-corrected chi connectivity index (χ4v) is 4.15. The van der Waals surface area contributed by atoms with E-state index in [9.17, 15) is 5.26 Å². The summed E-state index contributed by atoms with van der Waals surface area (Å²) in [5.41, 5.74) is 4.96.